The van der Waals surface area contributed by atoms with Crippen molar-refractivity contribution in [2.45, 2.75) is 39.3 Å². The van der Waals surface area contributed by atoms with E-state index in [1.807, 2.05) is 37.0 Å². The normalized spacial score (nSPS) is 17.5. The molecule has 4 rings (SSSR count). The third-order valence-corrected chi connectivity index (χ3v) is 5.71. The molecule has 7 nitrogen and oxygen atoms in total. The van der Waals surface area contributed by atoms with E-state index >= 15 is 0 Å². The first-order chi connectivity index (χ1) is 14.2. The van der Waals surface area contributed by atoms with E-state index in [0.717, 1.165) is 38.0 Å². The molecule has 152 valence electrons. The summed E-state index contributed by atoms with van der Waals surface area (Å²) >= 11 is 0. The van der Waals surface area contributed by atoms with Gasteiger partial charge in [-0.3, -0.25) is 14.7 Å². The van der Waals surface area contributed by atoms with Gasteiger partial charge in [-0.1, -0.05) is 17.3 Å². The van der Waals surface area contributed by atoms with Crippen LogP contribution in [-0.4, -0.2) is 61.9 Å². The fraction of sp³-hybridized carbons (Fsp3) is 0.455. The highest BCUT2D eigenvalue weighted by Gasteiger charge is 2.24. The molecule has 2 aromatic heterocycles. The summed E-state index contributed by atoms with van der Waals surface area (Å²) in [5.41, 5.74) is 2.76. The lowest BCUT2D eigenvalue weighted by molar-refractivity contribution is 0.0767. The van der Waals surface area contributed by atoms with Crippen molar-refractivity contribution in [1.82, 2.24) is 29.8 Å². The number of nitrogens with zero attached hydrogens (tertiary/aromatic N) is 6. The molecule has 3 aromatic rings. The van der Waals surface area contributed by atoms with Crippen LogP contribution in [0.15, 0.2) is 42.7 Å². The predicted molar refractivity (Wildman–Crippen MR) is 113 cm³/mol. The van der Waals surface area contributed by atoms with Gasteiger partial charge < -0.3 is 4.90 Å². The Morgan fingerprint density at radius 2 is 2.10 bits per heavy atom. The Kier molecular flexibility index (Phi) is 5.85. The van der Waals surface area contributed by atoms with Crippen molar-refractivity contribution in [3.63, 3.8) is 0 Å². The Bertz CT molecular complexity index is 980. The quantitative estimate of drug-likeness (QED) is 0.645. The highest BCUT2D eigenvalue weighted by molar-refractivity contribution is 5.91. The lowest BCUT2D eigenvalue weighted by Gasteiger charge is -2.32. The van der Waals surface area contributed by atoms with Gasteiger partial charge in [-0.25, -0.2) is 4.68 Å². The van der Waals surface area contributed by atoms with Crippen LogP contribution in [0.5, 0.6) is 0 Å². The second kappa shape index (κ2) is 8.69. The van der Waals surface area contributed by atoms with Gasteiger partial charge in [0.15, 0.2) is 5.69 Å². The Balaban J connectivity index is 1.43. The number of fused-ring (bicyclic) bond motifs is 1. The molecule has 29 heavy (non-hydrogen) atoms. The molecule has 0 N–H and O–H groups in total. The minimum absolute atomic E-state index is 0.0429. The van der Waals surface area contributed by atoms with Gasteiger partial charge in [0, 0.05) is 37.8 Å². The van der Waals surface area contributed by atoms with Crippen molar-refractivity contribution < 1.29 is 4.79 Å². The number of amides is 1. The van der Waals surface area contributed by atoms with Gasteiger partial charge in [-0.2, -0.15) is 0 Å². The summed E-state index contributed by atoms with van der Waals surface area (Å²) in [5.74, 6) is -0.0429. The first-order valence-electron chi connectivity index (χ1n) is 10.4. The van der Waals surface area contributed by atoms with E-state index in [9.17, 15) is 4.79 Å². The van der Waals surface area contributed by atoms with Crippen LogP contribution in [0.25, 0.3) is 10.9 Å². The second-order valence-electron chi connectivity index (χ2n) is 7.62. The number of hydrogen-bond acceptors (Lipinski definition) is 5. The van der Waals surface area contributed by atoms with Gasteiger partial charge >= 0.3 is 0 Å². The molecule has 0 radical (unpaired) electrons. The highest BCUT2D eigenvalue weighted by atomic mass is 16.2. The van der Waals surface area contributed by atoms with E-state index < -0.39 is 0 Å². The van der Waals surface area contributed by atoms with Crippen LogP contribution >= 0.6 is 0 Å². The molecule has 1 atom stereocenters. The molecular weight excluding hydrogens is 364 g/mol. The number of likely N-dealkylation sites (tertiary alicyclic amines) is 1. The van der Waals surface area contributed by atoms with Crippen molar-refractivity contribution in [1.29, 1.82) is 0 Å². The molecule has 7 heteroatoms. The Labute approximate surface area is 171 Å². The minimum atomic E-state index is -0.0429. The third-order valence-electron chi connectivity index (χ3n) is 5.71. The largest absolute Gasteiger partial charge is 0.338 e. The summed E-state index contributed by atoms with van der Waals surface area (Å²) in [4.78, 5) is 21.1. The number of aromatic nitrogens is 4. The van der Waals surface area contributed by atoms with E-state index in [1.165, 1.54) is 10.9 Å². The van der Waals surface area contributed by atoms with Crippen LogP contribution < -0.4 is 0 Å². The molecule has 1 amide bonds. The lowest BCUT2D eigenvalue weighted by atomic mass is 10.0. The SMILES string of the molecule is CCN(CC)C(=O)c1cn([C@H]2CCCN(Cc3ccc4ncccc4c3)C2)nn1. The predicted octanol–water partition coefficient (Wildman–Crippen LogP) is 3.15. The average molecular weight is 393 g/mol. The van der Waals surface area contributed by atoms with Gasteiger partial charge in [0.05, 0.1) is 17.8 Å². The molecule has 0 unspecified atom stereocenters. The summed E-state index contributed by atoms with van der Waals surface area (Å²) < 4.78 is 1.88. The third kappa shape index (κ3) is 4.29. The Hall–Kier alpha value is -2.80. The van der Waals surface area contributed by atoms with Crippen molar-refractivity contribution in [3.8, 4) is 0 Å². The van der Waals surface area contributed by atoms with E-state index in [0.29, 0.717) is 18.8 Å². The number of piperidine rings is 1. The number of benzene rings is 1. The molecule has 1 aromatic carbocycles. The van der Waals surface area contributed by atoms with E-state index in [2.05, 4.69) is 44.5 Å². The van der Waals surface area contributed by atoms with Crippen molar-refractivity contribution >= 4 is 16.8 Å². The number of carbonyl (C=O) groups is 1. The minimum Gasteiger partial charge on any atom is -0.338 e. The molecule has 1 aliphatic heterocycles. The zero-order chi connectivity index (χ0) is 20.2. The summed E-state index contributed by atoms with van der Waals surface area (Å²) in [6.07, 6.45) is 5.81. The molecule has 0 saturated carbocycles. The maximum atomic E-state index is 12.5. The van der Waals surface area contributed by atoms with Crippen LogP contribution in [0.1, 0.15) is 48.8 Å². The molecule has 1 saturated heterocycles. The zero-order valence-corrected chi connectivity index (χ0v) is 17.2. The molecule has 3 heterocycles. The lowest BCUT2D eigenvalue weighted by Crippen LogP contribution is -2.36. The van der Waals surface area contributed by atoms with Crippen LogP contribution in [0.4, 0.5) is 0 Å². The Morgan fingerprint density at radius 3 is 2.93 bits per heavy atom. The van der Waals surface area contributed by atoms with Crippen LogP contribution in [-0.2, 0) is 6.54 Å². The summed E-state index contributed by atoms with van der Waals surface area (Å²) in [6.45, 7) is 8.21. The standard InChI is InChI=1S/C22H28N6O/c1-3-27(4-2)22(29)21-16-28(25-24-21)19-8-6-12-26(15-19)14-17-9-10-20-18(13-17)7-5-11-23-20/h5,7,9-11,13,16,19H,3-4,6,8,12,14-15H2,1-2H3/t19-/m0/s1. The average Bonchev–Trinajstić information content (AvgIpc) is 3.25. The maximum absolute atomic E-state index is 12.5. The van der Waals surface area contributed by atoms with E-state index in [4.69, 9.17) is 0 Å². The smallest absolute Gasteiger partial charge is 0.276 e. The molecule has 0 spiro atoms. The van der Waals surface area contributed by atoms with E-state index in [-0.39, 0.29) is 11.9 Å². The summed E-state index contributed by atoms with van der Waals surface area (Å²) in [6, 6.07) is 10.8. The molecule has 0 aliphatic carbocycles. The van der Waals surface area contributed by atoms with Crippen LogP contribution in [0, 0.1) is 0 Å². The fourth-order valence-electron chi connectivity index (χ4n) is 4.10. The Morgan fingerprint density at radius 1 is 1.24 bits per heavy atom. The van der Waals surface area contributed by atoms with Gasteiger partial charge in [-0.15, -0.1) is 5.10 Å². The topological polar surface area (TPSA) is 67.2 Å². The van der Waals surface area contributed by atoms with Crippen molar-refractivity contribution in [3.05, 3.63) is 54.0 Å². The molecule has 1 fully saturated rings. The monoisotopic (exact) mass is 392 g/mol. The first-order valence-corrected chi connectivity index (χ1v) is 10.4. The molecular formula is C22H28N6O. The van der Waals surface area contributed by atoms with Gasteiger partial charge in [0.2, 0.25) is 0 Å². The summed E-state index contributed by atoms with van der Waals surface area (Å²) in [7, 11) is 0. The number of hydrogen-bond donors (Lipinski definition) is 0. The fourth-order valence-corrected chi connectivity index (χ4v) is 4.10. The number of carbonyl (C=O) groups excluding carboxylic acids is 1. The molecule has 1 aliphatic rings. The molecule has 0 bridgehead atoms. The number of pyridine rings is 1. The van der Waals surface area contributed by atoms with Crippen LogP contribution in [0.2, 0.25) is 0 Å². The van der Waals surface area contributed by atoms with Crippen molar-refractivity contribution in [2.75, 3.05) is 26.2 Å². The summed E-state index contributed by atoms with van der Waals surface area (Å²) in [5, 5.41) is 9.60. The first kappa shape index (κ1) is 19.5. The van der Waals surface area contributed by atoms with Crippen molar-refractivity contribution in [2.24, 2.45) is 0 Å². The zero-order valence-electron chi connectivity index (χ0n) is 17.2. The van der Waals surface area contributed by atoms with E-state index in [1.54, 1.807) is 4.90 Å². The highest BCUT2D eigenvalue weighted by Crippen LogP contribution is 2.23. The van der Waals surface area contributed by atoms with Gasteiger partial charge in [-0.05, 0) is 57.0 Å². The maximum Gasteiger partial charge on any atom is 0.276 e. The van der Waals surface area contributed by atoms with Gasteiger partial charge in [0.1, 0.15) is 0 Å². The second-order valence-corrected chi connectivity index (χ2v) is 7.62. The van der Waals surface area contributed by atoms with Gasteiger partial charge in [0.25, 0.3) is 5.91 Å². The van der Waals surface area contributed by atoms with Crippen LogP contribution in [0.3, 0.4) is 0 Å². The number of rotatable bonds is 6.